The molecule has 0 spiro atoms. The maximum Gasteiger partial charge on any atom is 0.417 e. The van der Waals surface area contributed by atoms with E-state index in [4.69, 9.17) is 5.73 Å². The SMILES string of the molecule is CC.CCN(Cc1ccc(C(F)(F)F)cn1)C(=O)c1cc2c(cc1F)nc(N)c1cncn12. The van der Waals surface area contributed by atoms with Gasteiger partial charge in [0.05, 0.1) is 46.9 Å². The van der Waals surface area contributed by atoms with Gasteiger partial charge in [0.1, 0.15) is 17.2 Å². The number of halogens is 4. The van der Waals surface area contributed by atoms with E-state index in [1.54, 1.807) is 11.3 Å². The van der Waals surface area contributed by atoms with Gasteiger partial charge in [-0.05, 0) is 25.1 Å². The fraction of sp³-hybridized carbons (Fsp3) is 0.273. The Hall–Kier alpha value is -3.76. The highest BCUT2D eigenvalue weighted by Crippen LogP contribution is 2.28. The summed E-state index contributed by atoms with van der Waals surface area (Å²) in [5.41, 5.74) is 6.22. The first-order valence-corrected chi connectivity index (χ1v) is 10.2. The number of imidazole rings is 1. The van der Waals surface area contributed by atoms with E-state index < -0.39 is 23.5 Å². The summed E-state index contributed by atoms with van der Waals surface area (Å²) in [6.45, 7) is 5.79. The second kappa shape index (κ2) is 9.39. The van der Waals surface area contributed by atoms with Crippen LogP contribution in [0.15, 0.2) is 43.0 Å². The molecule has 0 saturated carbocycles. The molecule has 0 fully saturated rings. The Kier molecular flexibility index (Phi) is 6.80. The number of nitrogen functional groups attached to an aromatic ring is 1. The van der Waals surface area contributed by atoms with Crippen molar-refractivity contribution in [1.29, 1.82) is 0 Å². The second-order valence-corrected chi connectivity index (χ2v) is 6.82. The van der Waals surface area contributed by atoms with Crippen molar-refractivity contribution in [3.63, 3.8) is 0 Å². The Labute approximate surface area is 186 Å². The topological polar surface area (TPSA) is 89.4 Å². The van der Waals surface area contributed by atoms with Crippen molar-refractivity contribution in [1.82, 2.24) is 24.3 Å². The Morgan fingerprint density at radius 1 is 1.15 bits per heavy atom. The van der Waals surface area contributed by atoms with Crippen molar-refractivity contribution in [3.05, 3.63) is 65.6 Å². The molecular formula is C22H22F4N6O. The van der Waals surface area contributed by atoms with Crippen LogP contribution in [-0.2, 0) is 12.7 Å². The lowest BCUT2D eigenvalue weighted by molar-refractivity contribution is -0.137. The third-order valence-corrected chi connectivity index (χ3v) is 4.87. The molecule has 3 aromatic heterocycles. The largest absolute Gasteiger partial charge is 0.417 e. The Morgan fingerprint density at radius 3 is 2.48 bits per heavy atom. The van der Waals surface area contributed by atoms with E-state index in [9.17, 15) is 22.4 Å². The Morgan fingerprint density at radius 2 is 1.88 bits per heavy atom. The number of fused-ring (bicyclic) bond motifs is 3. The van der Waals surface area contributed by atoms with E-state index in [1.165, 1.54) is 29.6 Å². The minimum Gasteiger partial charge on any atom is -0.382 e. The van der Waals surface area contributed by atoms with Gasteiger partial charge in [0.2, 0.25) is 0 Å². The molecule has 33 heavy (non-hydrogen) atoms. The third kappa shape index (κ3) is 4.71. The number of carbonyl (C=O) groups is 1. The maximum absolute atomic E-state index is 14.8. The number of rotatable bonds is 4. The van der Waals surface area contributed by atoms with Crippen LogP contribution in [0.5, 0.6) is 0 Å². The van der Waals surface area contributed by atoms with Gasteiger partial charge < -0.3 is 10.6 Å². The summed E-state index contributed by atoms with van der Waals surface area (Å²) in [5, 5.41) is 0. The van der Waals surface area contributed by atoms with E-state index in [-0.39, 0.29) is 35.7 Å². The number of hydrogen-bond donors (Lipinski definition) is 1. The van der Waals surface area contributed by atoms with Crippen LogP contribution in [0, 0.1) is 5.82 Å². The first kappa shape index (κ1) is 23.9. The van der Waals surface area contributed by atoms with Gasteiger partial charge in [0.15, 0.2) is 0 Å². The first-order valence-electron chi connectivity index (χ1n) is 10.2. The summed E-state index contributed by atoms with van der Waals surface area (Å²) in [7, 11) is 0. The van der Waals surface area contributed by atoms with Crippen LogP contribution >= 0.6 is 0 Å². The van der Waals surface area contributed by atoms with Crippen molar-refractivity contribution in [2.45, 2.75) is 33.5 Å². The zero-order valence-electron chi connectivity index (χ0n) is 18.2. The van der Waals surface area contributed by atoms with Crippen LogP contribution in [0.25, 0.3) is 16.6 Å². The van der Waals surface area contributed by atoms with Gasteiger partial charge in [-0.1, -0.05) is 13.8 Å². The highest BCUT2D eigenvalue weighted by molar-refractivity contribution is 5.98. The van der Waals surface area contributed by atoms with Crippen molar-refractivity contribution in [3.8, 4) is 0 Å². The van der Waals surface area contributed by atoms with Gasteiger partial charge in [-0.2, -0.15) is 13.2 Å². The predicted molar refractivity (Wildman–Crippen MR) is 116 cm³/mol. The monoisotopic (exact) mass is 462 g/mol. The number of benzene rings is 1. The quantitative estimate of drug-likeness (QED) is 0.444. The summed E-state index contributed by atoms with van der Waals surface area (Å²) in [5.74, 6) is -1.25. The Balaban J connectivity index is 0.00000149. The van der Waals surface area contributed by atoms with Crippen molar-refractivity contribution >= 4 is 28.3 Å². The maximum atomic E-state index is 14.8. The van der Waals surface area contributed by atoms with Crippen molar-refractivity contribution < 1.29 is 22.4 Å². The van der Waals surface area contributed by atoms with Crippen LogP contribution in [0.1, 0.15) is 42.4 Å². The van der Waals surface area contributed by atoms with Gasteiger partial charge >= 0.3 is 6.18 Å². The number of carbonyl (C=O) groups excluding carboxylic acids is 1. The summed E-state index contributed by atoms with van der Waals surface area (Å²) in [4.78, 5) is 26.2. The van der Waals surface area contributed by atoms with Crippen LogP contribution in [0.2, 0.25) is 0 Å². The van der Waals surface area contributed by atoms with Gasteiger partial charge in [0.25, 0.3) is 5.91 Å². The number of nitrogens with zero attached hydrogens (tertiary/aromatic N) is 5. The highest BCUT2D eigenvalue weighted by Gasteiger charge is 2.30. The summed E-state index contributed by atoms with van der Waals surface area (Å²) in [6, 6.07) is 4.56. The Bertz CT molecular complexity index is 1280. The second-order valence-electron chi connectivity index (χ2n) is 6.82. The number of anilines is 1. The summed E-state index contributed by atoms with van der Waals surface area (Å²) in [6.07, 6.45) is -0.820. The lowest BCUT2D eigenvalue weighted by atomic mass is 10.1. The molecule has 0 unspecified atom stereocenters. The van der Waals surface area contributed by atoms with Gasteiger partial charge in [0, 0.05) is 18.8 Å². The third-order valence-electron chi connectivity index (χ3n) is 4.87. The molecule has 174 valence electrons. The predicted octanol–water partition coefficient (Wildman–Crippen LogP) is 4.71. The molecule has 0 aliphatic heterocycles. The molecule has 0 radical (unpaired) electrons. The highest BCUT2D eigenvalue weighted by atomic mass is 19.4. The molecular weight excluding hydrogens is 440 g/mol. The fourth-order valence-electron chi connectivity index (χ4n) is 3.24. The first-order chi connectivity index (χ1) is 15.7. The van der Waals surface area contributed by atoms with Crippen LogP contribution in [-0.4, -0.2) is 36.7 Å². The molecule has 1 aromatic carbocycles. The molecule has 2 N–H and O–H groups in total. The van der Waals surface area contributed by atoms with E-state index in [0.29, 0.717) is 17.2 Å². The molecule has 0 aliphatic rings. The number of nitrogens with two attached hydrogens (primary N) is 1. The molecule has 0 atom stereocenters. The number of aromatic nitrogens is 4. The molecule has 11 heteroatoms. The van der Waals surface area contributed by atoms with Gasteiger partial charge in [-0.3, -0.25) is 14.2 Å². The van der Waals surface area contributed by atoms with Crippen LogP contribution < -0.4 is 5.73 Å². The molecule has 4 rings (SSSR count). The zero-order valence-corrected chi connectivity index (χ0v) is 18.2. The average Bonchev–Trinajstić information content (AvgIpc) is 3.29. The molecule has 0 aliphatic carbocycles. The van der Waals surface area contributed by atoms with Crippen molar-refractivity contribution in [2.75, 3.05) is 12.3 Å². The number of amides is 1. The van der Waals surface area contributed by atoms with Crippen LogP contribution in [0.3, 0.4) is 0 Å². The fourth-order valence-corrected chi connectivity index (χ4v) is 3.24. The van der Waals surface area contributed by atoms with Gasteiger partial charge in [-0.15, -0.1) is 0 Å². The van der Waals surface area contributed by atoms with Crippen LogP contribution in [0.4, 0.5) is 23.4 Å². The zero-order chi connectivity index (χ0) is 24.3. The van der Waals surface area contributed by atoms with E-state index >= 15 is 0 Å². The van der Waals surface area contributed by atoms with E-state index in [0.717, 1.165) is 12.1 Å². The smallest absolute Gasteiger partial charge is 0.382 e. The minimum atomic E-state index is -4.50. The average molecular weight is 462 g/mol. The molecule has 0 bridgehead atoms. The molecule has 1 amide bonds. The lowest BCUT2D eigenvalue weighted by Gasteiger charge is -2.21. The molecule has 4 aromatic rings. The number of alkyl halides is 3. The number of hydrogen-bond acceptors (Lipinski definition) is 5. The van der Waals surface area contributed by atoms with Gasteiger partial charge in [-0.25, -0.2) is 14.4 Å². The standard InChI is InChI=1S/C20H16F4N6O.C2H6/c1-2-29(9-12-4-3-11(7-27-12)20(22,23)24)19(31)13-5-16-15(6-14(13)21)28-18(25)17-8-26-10-30(16)17;1-2/h3-8,10H,2,9H2,1H3,(H2,25,28);1-2H3. The summed E-state index contributed by atoms with van der Waals surface area (Å²) < 4.78 is 54.5. The molecule has 7 nitrogen and oxygen atoms in total. The lowest BCUT2D eigenvalue weighted by Crippen LogP contribution is -2.31. The van der Waals surface area contributed by atoms with E-state index in [1.807, 2.05) is 13.8 Å². The summed E-state index contributed by atoms with van der Waals surface area (Å²) >= 11 is 0. The minimum absolute atomic E-state index is 0.0780. The molecule has 3 heterocycles. The molecule has 0 saturated heterocycles. The normalized spacial score (nSPS) is 11.4. The van der Waals surface area contributed by atoms with E-state index in [2.05, 4.69) is 15.0 Å². The number of pyridine rings is 1. The van der Waals surface area contributed by atoms with Crippen molar-refractivity contribution in [2.24, 2.45) is 0 Å².